The van der Waals surface area contributed by atoms with Crippen LogP contribution in [0.2, 0.25) is 0 Å². The Labute approximate surface area is 122 Å². The van der Waals surface area contributed by atoms with E-state index in [2.05, 4.69) is 6.92 Å². The number of carboxylic acids is 1. The van der Waals surface area contributed by atoms with Crippen molar-refractivity contribution < 1.29 is 19.4 Å². The fourth-order valence-corrected chi connectivity index (χ4v) is 3.38. The lowest BCUT2D eigenvalue weighted by molar-refractivity contribution is -0.144. The predicted octanol–water partition coefficient (Wildman–Crippen LogP) is 2.47. The SMILES string of the molecule is CCC1CCN(C(=O)c2cc(OC)cs2)C(C(=O)O)C1. The number of hydrogen-bond donors (Lipinski definition) is 1. The summed E-state index contributed by atoms with van der Waals surface area (Å²) in [6.07, 6.45) is 2.37. The van der Waals surface area contributed by atoms with Crippen molar-refractivity contribution in [2.75, 3.05) is 13.7 Å². The molecule has 1 aromatic rings. The topological polar surface area (TPSA) is 66.8 Å². The van der Waals surface area contributed by atoms with Crippen LogP contribution in [0.3, 0.4) is 0 Å². The molecule has 110 valence electrons. The number of aliphatic carboxylic acids is 1. The number of thiophene rings is 1. The normalized spacial score (nSPS) is 22.6. The summed E-state index contributed by atoms with van der Waals surface area (Å²) in [7, 11) is 1.54. The van der Waals surface area contributed by atoms with Gasteiger partial charge in [-0.25, -0.2) is 4.79 Å². The molecule has 2 heterocycles. The first-order valence-corrected chi connectivity index (χ1v) is 7.61. The van der Waals surface area contributed by atoms with Crippen molar-refractivity contribution in [1.82, 2.24) is 4.90 Å². The van der Waals surface area contributed by atoms with Gasteiger partial charge in [-0.05, 0) is 18.8 Å². The number of piperidine rings is 1. The minimum absolute atomic E-state index is 0.208. The predicted molar refractivity (Wildman–Crippen MR) is 76.3 cm³/mol. The van der Waals surface area contributed by atoms with E-state index >= 15 is 0 Å². The van der Waals surface area contributed by atoms with Gasteiger partial charge < -0.3 is 14.7 Å². The van der Waals surface area contributed by atoms with Crippen molar-refractivity contribution >= 4 is 23.2 Å². The molecule has 20 heavy (non-hydrogen) atoms. The molecule has 1 N–H and O–H groups in total. The number of carboxylic acid groups (broad SMARTS) is 1. The molecule has 0 bridgehead atoms. The highest BCUT2D eigenvalue weighted by atomic mass is 32.1. The largest absolute Gasteiger partial charge is 0.496 e. The van der Waals surface area contributed by atoms with Crippen molar-refractivity contribution in [3.8, 4) is 5.75 Å². The van der Waals surface area contributed by atoms with E-state index in [4.69, 9.17) is 4.74 Å². The second kappa shape index (κ2) is 6.26. The third kappa shape index (κ3) is 2.95. The number of carbonyl (C=O) groups excluding carboxylic acids is 1. The summed E-state index contributed by atoms with van der Waals surface area (Å²) in [6.45, 7) is 2.57. The van der Waals surface area contributed by atoms with E-state index in [9.17, 15) is 14.7 Å². The van der Waals surface area contributed by atoms with Gasteiger partial charge >= 0.3 is 5.97 Å². The van der Waals surface area contributed by atoms with Crippen LogP contribution in [0.25, 0.3) is 0 Å². The number of methoxy groups -OCH3 is 1. The molecule has 1 aliphatic rings. The Kier molecular flexibility index (Phi) is 4.65. The number of nitrogens with zero attached hydrogens (tertiary/aromatic N) is 1. The van der Waals surface area contributed by atoms with E-state index in [-0.39, 0.29) is 5.91 Å². The highest BCUT2D eigenvalue weighted by Gasteiger charge is 2.36. The van der Waals surface area contributed by atoms with Crippen molar-refractivity contribution in [3.05, 3.63) is 16.3 Å². The molecule has 2 atom stereocenters. The van der Waals surface area contributed by atoms with Gasteiger partial charge in [0.25, 0.3) is 5.91 Å². The number of ether oxygens (including phenoxy) is 1. The Morgan fingerprint density at radius 3 is 2.85 bits per heavy atom. The number of rotatable bonds is 4. The second-order valence-electron chi connectivity index (χ2n) is 5.00. The van der Waals surface area contributed by atoms with Crippen molar-refractivity contribution in [3.63, 3.8) is 0 Å². The van der Waals surface area contributed by atoms with Crippen LogP contribution in [0.4, 0.5) is 0 Å². The number of likely N-dealkylation sites (tertiary alicyclic amines) is 1. The Balaban J connectivity index is 2.16. The highest BCUT2D eigenvalue weighted by molar-refractivity contribution is 7.12. The van der Waals surface area contributed by atoms with Gasteiger partial charge in [0.1, 0.15) is 11.8 Å². The molecule has 1 aliphatic heterocycles. The summed E-state index contributed by atoms with van der Waals surface area (Å²) >= 11 is 1.29. The van der Waals surface area contributed by atoms with Gasteiger partial charge in [0, 0.05) is 18.0 Å². The molecular weight excluding hydrogens is 278 g/mol. The van der Waals surface area contributed by atoms with Crippen LogP contribution in [-0.2, 0) is 4.79 Å². The van der Waals surface area contributed by atoms with Crippen LogP contribution in [0.5, 0.6) is 5.75 Å². The lowest BCUT2D eigenvalue weighted by Gasteiger charge is -2.36. The van der Waals surface area contributed by atoms with Crippen LogP contribution in [0.15, 0.2) is 11.4 Å². The first kappa shape index (κ1) is 14.8. The smallest absolute Gasteiger partial charge is 0.326 e. The Bertz CT molecular complexity index is 499. The summed E-state index contributed by atoms with van der Waals surface area (Å²) in [4.78, 5) is 25.9. The van der Waals surface area contributed by atoms with E-state index < -0.39 is 12.0 Å². The van der Waals surface area contributed by atoms with E-state index in [0.29, 0.717) is 29.5 Å². The molecule has 1 fully saturated rings. The average molecular weight is 297 g/mol. The monoisotopic (exact) mass is 297 g/mol. The molecule has 1 saturated heterocycles. The molecule has 1 amide bonds. The Hall–Kier alpha value is -1.56. The fourth-order valence-electron chi connectivity index (χ4n) is 2.57. The number of carbonyl (C=O) groups is 2. The zero-order chi connectivity index (χ0) is 14.7. The van der Waals surface area contributed by atoms with Gasteiger partial charge in [0.2, 0.25) is 0 Å². The van der Waals surface area contributed by atoms with Gasteiger partial charge in [0.15, 0.2) is 0 Å². The first-order valence-electron chi connectivity index (χ1n) is 6.73. The molecule has 2 unspecified atom stereocenters. The molecule has 1 aromatic heterocycles. The van der Waals surface area contributed by atoms with Crippen molar-refractivity contribution in [1.29, 1.82) is 0 Å². The minimum Gasteiger partial charge on any atom is -0.496 e. The third-order valence-corrected chi connectivity index (χ3v) is 4.75. The highest BCUT2D eigenvalue weighted by Crippen LogP contribution is 2.29. The van der Waals surface area contributed by atoms with E-state index in [1.165, 1.54) is 16.2 Å². The summed E-state index contributed by atoms with van der Waals surface area (Å²) in [5.41, 5.74) is 0. The molecule has 0 radical (unpaired) electrons. The summed E-state index contributed by atoms with van der Waals surface area (Å²) in [5.74, 6) is -0.105. The van der Waals surface area contributed by atoms with Gasteiger partial charge in [-0.2, -0.15) is 0 Å². The molecule has 5 nitrogen and oxygen atoms in total. The zero-order valence-corrected chi connectivity index (χ0v) is 12.5. The van der Waals surface area contributed by atoms with Crippen LogP contribution in [0.1, 0.15) is 35.9 Å². The van der Waals surface area contributed by atoms with Crippen LogP contribution >= 0.6 is 11.3 Å². The second-order valence-corrected chi connectivity index (χ2v) is 5.91. The molecule has 2 rings (SSSR count). The molecule has 0 aliphatic carbocycles. The lowest BCUT2D eigenvalue weighted by atomic mass is 9.89. The molecule has 6 heteroatoms. The number of hydrogen-bond acceptors (Lipinski definition) is 4. The van der Waals surface area contributed by atoms with Gasteiger partial charge in [-0.1, -0.05) is 13.3 Å². The summed E-state index contributed by atoms with van der Waals surface area (Å²) < 4.78 is 5.06. The van der Waals surface area contributed by atoms with E-state index in [1.54, 1.807) is 18.6 Å². The third-order valence-electron chi connectivity index (χ3n) is 3.86. The molecule has 0 saturated carbocycles. The quantitative estimate of drug-likeness (QED) is 0.927. The van der Waals surface area contributed by atoms with Crippen molar-refractivity contribution in [2.24, 2.45) is 5.92 Å². The maximum Gasteiger partial charge on any atom is 0.326 e. The molecule has 0 spiro atoms. The Morgan fingerprint density at radius 1 is 1.55 bits per heavy atom. The average Bonchev–Trinajstić information content (AvgIpc) is 2.94. The standard InChI is InChI=1S/C14H19NO4S/c1-3-9-4-5-15(11(6-9)14(17)18)13(16)12-7-10(19-2)8-20-12/h7-9,11H,3-6H2,1-2H3,(H,17,18). The van der Waals surface area contributed by atoms with Gasteiger partial charge in [-0.15, -0.1) is 11.3 Å². The maximum atomic E-state index is 12.5. The zero-order valence-electron chi connectivity index (χ0n) is 11.7. The van der Waals surface area contributed by atoms with Crippen LogP contribution in [-0.4, -0.2) is 41.6 Å². The van der Waals surface area contributed by atoms with E-state index in [1.807, 2.05) is 0 Å². The minimum atomic E-state index is -0.917. The van der Waals surface area contributed by atoms with Crippen molar-refractivity contribution in [2.45, 2.75) is 32.2 Å². The van der Waals surface area contributed by atoms with Crippen LogP contribution < -0.4 is 4.74 Å². The van der Waals surface area contributed by atoms with Gasteiger partial charge in [-0.3, -0.25) is 4.79 Å². The lowest BCUT2D eigenvalue weighted by Crippen LogP contribution is -2.49. The molecule has 0 aromatic carbocycles. The van der Waals surface area contributed by atoms with Crippen LogP contribution in [0, 0.1) is 5.92 Å². The van der Waals surface area contributed by atoms with Gasteiger partial charge in [0.05, 0.1) is 12.0 Å². The maximum absolute atomic E-state index is 12.5. The van der Waals surface area contributed by atoms with E-state index in [0.717, 1.165) is 12.8 Å². The number of amides is 1. The fraction of sp³-hybridized carbons (Fsp3) is 0.571. The molecular formula is C14H19NO4S. The first-order chi connectivity index (χ1) is 9.56. The summed E-state index contributed by atoms with van der Waals surface area (Å²) in [6, 6.07) is 0.951. The Morgan fingerprint density at radius 2 is 2.30 bits per heavy atom. The summed E-state index contributed by atoms with van der Waals surface area (Å²) in [5, 5.41) is 11.1.